The summed E-state index contributed by atoms with van der Waals surface area (Å²) >= 11 is -5.75. The third-order valence-corrected chi connectivity index (χ3v) is 0. The van der Waals surface area contributed by atoms with Crippen molar-refractivity contribution >= 4 is 0 Å². The van der Waals surface area contributed by atoms with Crippen LogP contribution in [0.2, 0.25) is 0 Å². The Balaban J connectivity index is -0.0000000267. The van der Waals surface area contributed by atoms with E-state index >= 15 is 0 Å². The second-order valence-corrected chi connectivity index (χ2v) is 1.68. The van der Waals surface area contributed by atoms with Gasteiger partial charge in [-0.15, -0.1) is 0 Å². The quantitative estimate of drug-likeness (QED) is 0.399. The molecule has 0 atom stereocenters. The van der Waals surface area contributed by atoms with Crippen LogP contribution in [0.25, 0.3) is 0 Å². The Labute approximate surface area is 57.7 Å². The van der Waals surface area contributed by atoms with Gasteiger partial charge < -0.3 is 11.0 Å². The van der Waals surface area contributed by atoms with E-state index in [9.17, 15) is 0 Å². The monoisotopic (exact) mass is 211 g/mol. The molecule has 0 heterocycles. The molecule has 0 aromatic heterocycles. The van der Waals surface area contributed by atoms with Gasteiger partial charge in [0, 0.05) is 0 Å². The van der Waals surface area contributed by atoms with Crippen molar-refractivity contribution < 1.29 is 57.3 Å². The Bertz CT molecular complexity index is 91.7. The molecule has 55 valence electrons. The molecule has 0 aliphatic carbocycles. The van der Waals surface area contributed by atoms with Crippen LogP contribution in [0.3, 0.4) is 0 Å². The molecule has 0 rings (SSSR count). The Kier molecular flexibility index (Phi) is 22.1. The van der Waals surface area contributed by atoms with Crippen LogP contribution < -0.4 is 8.32 Å². The molecule has 0 unspecified atom stereocenters. The van der Waals surface area contributed by atoms with Crippen molar-refractivity contribution in [2.75, 3.05) is 0 Å². The molecular formula is H4CoCrO6. The van der Waals surface area contributed by atoms with Gasteiger partial charge in [0.15, 0.2) is 0 Å². The molecule has 6 nitrogen and oxygen atoms in total. The molecule has 8 heteroatoms. The summed E-state index contributed by atoms with van der Waals surface area (Å²) in [6, 6.07) is 0. The molecule has 0 aromatic rings. The van der Waals surface area contributed by atoms with Crippen molar-refractivity contribution in [1.29, 1.82) is 0 Å². The molecular weight excluding hydrogens is 207 g/mol. The van der Waals surface area contributed by atoms with E-state index in [0.717, 1.165) is 0 Å². The first-order chi connectivity index (χ1) is 2.00. The summed E-state index contributed by atoms with van der Waals surface area (Å²) in [5, 5.41) is 0. The van der Waals surface area contributed by atoms with E-state index in [1.807, 2.05) is 0 Å². The Morgan fingerprint density at radius 1 is 1.00 bits per heavy atom. The fourth-order valence-electron chi connectivity index (χ4n) is 0. The maximum atomic E-state index is 8.59. The number of hydrogen-bond acceptors (Lipinski definition) is 4. The van der Waals surface area contributed by atoms with Gasteiger partial charge in [0.05, 0.1) is 0 Å². The van der Waals surface area contributed by atoms with E-state index in [0.29, 0.717) is 0 Å². The summed E-state index contributed by atoms with van der Waals surface area (Å²) < 4.78 is 34.4. The summed E-state index contributed by atoms with van der Waals surface area (Å²) in [5.74, 6) is 0. The van der Waals surface area contributed by atoms with E-state index < -0.39 is 13.6 Å². The van der Waals surface area contributed by atoms with Crippen LogP contribution in [0.15, 0.2) is 0 Å². The molecule has 1 radical (unpaired) electrons. The second kappa shape index (κ2) is 7.48. The summed E-state index contributed by atoms with van der Waals surface area (Å²) in [4.78, 5) is 0. The molecule has 0 aliphatic rings. The Morgan fingerprint density at radius 2 is 1.00 bits per heavy atom. The van der Waals surface area contributed by atoms with Crippen molar-refractivity contribution in [2.45, 2.75) is 0 Å². The first kappa shape index (κ1) is 23.6. The maximum absolute atomic E-state index is 8.59. The van der Waals surface area contributed by atoms with Crippen LogP contribution in [0, 0.1) is 0 Å². The van der Waals surface area contributed by atoms with Gasteiger partial charge in [-0.25, -0.2) is 0 Å². The zero-order valence-electron chi connectivity index (χ0n) is 3.37. The molecule has 0 saturated heterocycles. The van der Waals surface area contributed by atoms with Crippen LogP contribution in [-0.4, -0.2) is 11.0 Å². The Hall–Kier alpha value is 0.479. The number of hydrogen-bond donors (Lipinski definition) is 0. The molecule has 4 N–H and O–H groups in total. The summed E-state index contributed by atoms with van der Waals surface area (Å²) in [7, 11) is 0. The van der Waals surface area contributed by atoms with Crippen LogP contribution in [0.4, 0.5) is 0 Å². The predicted octanol–water partition coefficient (Wildman–Crippen LogP) is -4.27. The van der Waals surface area contributed by atoms with Crippen LogP contribution in [0.1, 0.15) is 0 Å². The molecule has 0 bridgehead atoms. The van der Waals surface area contributed by atoms with Crippen LogP contribution in [0.5, 0.6) is 0 Å². The van der Waals surface area contributed by atoms with E-state index in [-0.39, 0.29) is 27.7 Å². The van der Waals surface area contributed by atoms with Gasteiger partial charge in [-0.2, -0.15) is 0 Å². The first-order valence-corrected chi connectivity index (χ1v) is 2.75. The molecule has 0 saturated carbocycles. The van der Waals surface area contributed by atoms with Gasteiger partial charge >= 0.3 is 46.3 Å². The van der Waals surface area contributed by atoms with Crippen molar-refractivity contribution in [1.82, 2.24) is 0 Å². The summed E-state index contributed by atoms with van der Waals surface area (Å²) in [6.07, 6.45) is 0. The van der Waals surface area contributed by atoms with Gasteiger partial charge in [0.1, 0.15) is 0 Å². The minimum atomic E-state index is -5.75. The van der Waals surface area contributed by atoms with Crippen LogP contribution in [-0.2, 0) is 38.0 Å². The average molecular weight is 211 g/mol. The fourth-order valence-corrected chi connectivity index (χ4v) is 0. The molecule has 0 spiro atoms. The van der Waals surface area contributed by atoms with E-state index in [4.69, 9.17) is 15.9 Å². The van der Waals surface area contributed by atoms with Crippen molar-refractivity contribution in [2.24, 2.45) is 0 Å². The molecule has 0 aromatic carbocycles. The SMILES string of the molecule is O.O.[Co+2].[O]=[Cr](=[O])([O-])[O-]. The van der Waals surface area contributed by atoms with Gasteiger partial charge in [-0.3, -0.25) is 0 Å². The van der Waals surface area contributed by atoms with E-state index in [2.05, 4.69) is 0 Å². The molecule has 8 heavy (non-hydrogen) atoms. The Morgan fingerprint density at radius 3 is 1.00 bits per heavy atom. The third kappa shape index (κ3) is 848. The third-order valence-electron chi connectivity index (χ3n) is 0. The number of rotatable bonds is 0. The second-order valence-electron chi connectivity index (χ2n) is 0.408. The van der Waals surface area contributed by atoms with Crippen molar-refractivity contribution in [3.05, 3.63) is 0 Å². The van der Waals surface area contributed by atoms with E-state index in [1.165, 1.54) is 0 Å². The predicted molar refractivity (Wildman–Crippen MR) is 8.60 cm³/mol. The van der Waals surface area contributed by atoms with Gasteiger partial charge in [-0.1, -0.05) is 0 Å². The van der Waals surface area contributed by atoms with E-state index in [1.54, 1.807) is 0 Å². The first-order valence-electron chi connectivity index (χ1n) is 0.667. The van der Waals surface area contributed by atoms with Crippen LogP contribution >= 0.6 is 0 Å². The normalized spacial score (nSPS) is 7.25. The molecule has 0 amide bonds. The van der Waals surface area contributed by atoms with Gasteiger partial charge in [-0.05, 0) is 0 Å². The minimum absolute atomic E-state index is 0. The zero-order chi connectivity index (χ0) is 4.50. The zero-order valence-corrected chi connectivity index (χ0v) is 5.69. The molecule has 0 aliphatic heterocycles. The summed E-state index contributed by atoms with van der Waals surface area (Å²) in [5.41, 5.74) is 0. The standard InChI is InChI=1S/Co.Cr.2H2O.4O/h;;2*1H2;;;;/q+2;;;;;;2*-1. The fraction of sp³-hybridized carbons (Fsp3) is 0. The van der Waals surface area contributed by atoms with Gasteiger partial charge in [0.25, 0.3) is 0 Å². The van der Waals surface area contributed by atoms with Crippen molar-refractivity contribution in [3.63, 3.8) is 0 Å². The van der Waals surface area contributed by atoms with Gasteiger partial charge in [0.2, 0.25) is 0 Å². The average Bonchev–Trinajstić information content (AvgIpc) is 0.722. The topological polar surface area (TPSA) is 143 Å². The van der Waals surface area contributed by atoms with Crippen molar-refractivity contribution in [3.8, 4) is 0 Å². The summed E-state index contributed by atoms with van der Waals surface area (Å²) in [6.45, 7) is 0. The molecule has 0 fully saturated rings.